The molecule has 0 aromatic rings. The number of carboxylic acid groups (broad SMARTS) is 1. The molecule has 0 heterocycles. The Balaban J connectivity index is 3.67. The Kier molecular flexibility index (Phi) is 9.00. The molecule has 1 atom stereocenters. The van der Waals surface area contributed by atoms with Gasteiger partial charge in [0, 0.05) is 12.6 Å². The molecule has 6 heteroatoms. The van der Waals surface area contributed by atoms with Gasteiger partial charge in [0.05, 0.1) is 6.61 Å². The molecule has 6 nitrogen and oxygen atoms in total. The van der Waals surface area contributed by atoms with Crippen molar-refractivity contribution >= 4 is 12.0 Å². The molecule has 0 spiro atoms. The van der Waals surface area contributed by atoms with Crippen LogP contribution in [-0.4, -0.2) is 42.9 Å². The molecule has 0 saturated carbocycles. The van der Waals surface area contributed by atoms with Crippen molar-refractivity contribution in [3.63, 3.8) is 0 Å². The normalized spacial score (nSPS) is 12.2. The Morgan fingerprint density at radius 2 is 1.89 bits per heavy atom. The van der Waals surface area contributed by atoms with E-state index in [1.165, 1.54) is 0 Å². The third-order valence-corrected chi connectivity index (χ3v) is 2.87. The zero-order chi connectivity index (χ0) is 14.0. The maximum absolute atomic E-state index is 11.5. The van der Waals surface area contributed by atoms with E-state index in [1.54, 1.807) is 0 Å². The van der Waals surface area contributed by atoms with Crippen LogP contribution in [-0.2, 0) is 9.53 Å². The zero-order valence-corrected chi connectivity index (χ0v) is 11.4. The molecule has 0 fully saturated rings. The molecule has 0 aliphatic heterocycles. The van der Waals surface area contributed by atoms with Gasteiger partial charge in [0.2, 0.25) is 0 Å². The van der Waals surface area contributed by atoms with E-state index in [4.69, 9.17) is 9.84 Å². The number of nitrogens with one attached hydrogen (secondary N) is 2. The molecule has 0 bridgehead atoms. The number of amides is 2. The minimum absolute atomic E-state index is 0.125. The van der Waals surface area contributed by atoms with Crippen molar-refractivity contribution in [3.05, 3.63) is 0 Å². The maximum atomic E-state index is 11.5. The van der Waals surface area contributed by atoms with Crippen molar-refractivity contribution in [1.82, 2.24) is 10.6 Å². The van der Waals surface area contributed by atoms with Crippen molar-refractivity contribution in [3.8, 4) is 0 Å². The van der Waals surface area contributed by atoms with E-state index in [0.717, 1.165) is 12.8 Å². The van der Waals surface area contributed by atoms with Crippen LogP contribution < -0.4 is 10.6 Å². The van der Waals surface area contributed by atoms with Crippen molar-refractivity contribution in [2.24, 2.45) is 5.92 Å². The van der Waals surface area contributed by atoms with E-state index < -0.39 is 5.97 Å². The smallest absolute Gasteiger partial charge is 0.329 e. The van der Waals surface area contributed by atoms with E-state index in [0.29, 0.717) is 12.5 Å². The Labute approximate surface area is 108 Å². The standard InChI is InChI=1S/C12H24N2O4/c1-4-10(5-2)9(3)14-12(17)13-6-7-18-8-11(15)16/h9-10H,4-8H2,1-3H3,(H,15,16)(H2,13,14,17). The van der Waals surface area contributed by atoms with E-state index >= 15 is 0 Å². The second-order valence-electron chi connectivity index (χ2n) is 4.21. The average Bonchev–Trinajstić information content (AvgIpc) is 2.29. The van der Waals surface area contributed by atoms with Crippen molar-refractivity contribution in [2.75, 3.05) is 19.8 Å². The summed E-state index contributed by atoms with van der Waals surface area (Å²) in [6.45, 7) is 6.34. The third kappa shape index (κ3) is 7.89. The molecule has 3 N–H and O–H groups in total. The van der Waals surface area contributed by atoms with E-state index in [1.807, 2.05) is 6.92 Å². The third-order valence-electron chi connectivity index (χ3n) is 2.87. The monoisotopic (exact) mass is 260 g/mol. The summed E-state index contributed by atoms with van der Waals surface area (Å²) in [7, 11) is 0. The summed E-state index contributed by atoms with van der Waals surface area (Å²) in [5.74, 6) is -0.541. The van der Waals surface area contributed by atoms with Gasteiger partial charge in [0.25, 0.3) is 0 Å². The lowest BCUT2D eigenvalue weighted by atomic mass is 9.96. The van der Waals surface area contributed by atoms with Crippen LogP contribution in [0.15, 0.2) is 0 Å². The number of carboxylic acids is 1. The number of aliphatic carboxylic acids is 1. The zero-order valence-electron chi connectivity index (χ0n) is 11.4. The summed E-state index contributed by atoms with van der Waals surface area (Å²) in [5.41, 5.74) is 0. The summed E-state index contributed by atoms with van der Waals surface area (Å²) in [5, 5.41) is 13.8. The van der Waals surface area contributed by atoms with E-state index in [-0.39, 0.29) is 25.3 Å². The van der Waals surface area contributed by atoms with Gasteiger partial charge >= 0.3 is 12.0 Å². The molecule has 0 aliphatic carbocycles. The van der Waals surface area contributed by atoms with Gasteiger partial charge in [-0.1, -0.05) is 26.7 Å². The molecule has 0 rings (SSSR count). The number of carbonyl (C=O) groups is 2. The van der Waals surface area contributed by atoms with Crippen LogP contribution in [0.5, 0.6) is 0 Å². The highest BCUT2D eigenvalue weighted by atomic mass is 16.5. The van der Waals surface area contributed by atoms with Crippen LogP contribution in [0.25, 0.3) is 0 Å². The van der Waals surface area contributed by atoms with Gasteiger partial charge < -0.3 is 20.5 Å². The van der Waals surface area contributed by atoms with Gasteiger partial charge in [-0.05, 0) is 12.8 Å². The topological polar surface area (TPSA) is 87.7 Å². The number of urea groups is 1. The van der Waals surface area contributed by atoms with E-state index in [2.05, 4.69) is 24.5 Å². The predicted molar refractivity (Wildman–Crippen MR) is 68.5 cm³/mol. The fraction of sp³-hybridized carbons (Fsp3) is 0.833. The van der Waals surface area contributed by atoms with Gasteiger partial charge in [-0.3, -0.25) is 0 Å². The minimum Gasteiger partial charge on any atom is -0.480 e. The lowest BCUT2D eigenvalue weighted by molar-refractivity contribution is -0.142. The SMILES string of the molecule is CCC(CC)C(C)NC(=O)NCCOCC(=O)O. The molecule has 0 saturated heterocycles. The fourth-order valence-electron chi connectivity index (χ4n) is 1.77. The number of hydrogen-bond acceptors (Lipinski definition) is 3. The first kappa shape index (κ1) is 16.7. The first-order valence-electron chi connectivity index (χ1n) is 6.35. The average molecular weight is 260 g/mol. The van der Waals surface area contributed by atoms with Crippen LogP contribution in [0.2, 0.25) is 0 Å². The molecule has 18 heavy (non-hydrogen) atoms. The number of rotatable bonds is 9. The molecule has 2 amide bonds. The minimum atomic E-state index is -1.01. The van der Waals surface area contributed by atoms with Gasteiger partial charge in [0.1, 0.15) is 6.61 Å². The van der Waals surface area contributed by atoms with Crippen LogP contribution in [0, 0.1) is 5.92 Å². The molecule has 0 aromatic heterocycles. The Morgan fingerprint density at radius 1 is 1.28 bits per heavy atom. The number of carbonyl (C=O) groups excluding carboxylic acids is 1. The number of hydrogen-bond donors (Lipinski definition) is 3. The Hall–Kier alpha value is -1.30. The van der Waals surface area contributed by atoms with E-state index in [9.17, 15) is 9.59 Å². The fourth-order valence-corrected chi connectivity index (χ4v) is 1.77. The number of ether oxygens (including phenoxy) is 1. The van der Waals surface area contributed by atoms with Gasteiger partial charge in [-0.25, -0.2) is 9.59 Å². The molecule has 106 valence electrons. The lowest BCUT2D eigenvalue weighted by Crippen LogP contribution is -2.44. The molecular formula is C12H24N2O4. The molecule has 0 radical (unpaired) electrons. The van der Waals surface area contributed by atoms with Crippen molar-refractivity contribution in [2.45, 2.75) is 39.7 Å². The second kappa shape index (κ2) is 9.70. The summed E-state index contributed by atoms with van der Waals surface area (Å²) < 4.78 is 4.80. The van der Waals surface area contributed by atoms with Crippen molar-refractivity contribution in [1.29, 1.82) is 0 Å². The molecule has 1 unspecified atom stereocenters. The molecular weight excluding hydrogens is 236 g/mol. The summed E-state index contributed by atoms with van der Waals surface area (Å²) >= 11 is 0. The molecule has 0 aliphatic rings. The molecule has 0 aromatic carbocycles. The predicted octanol–water partition coefficient (Wildman–Crippen LogP) is 1.21. The first-order chi connectivity index (χ1) is 8.51. The quantitative estimate of drug-likeness (QED) is 0.544. The van der Waals surface area contributed by atoms with Gasteiger partial charge in [-0.15, -0.1) is 0 Å². The van der Waals surface area contributed by atoms with Crippen LogP contribution >= 0.6 is 0 Å². The Morgan fingerprint density at radius 3 is 2.39 bits per heavy atom. The van der Waals surface area contributed by atoms with Crippen LogP contribution in [0.4, 0.5) is 4.79 Å². The summed E-state index contributed by atoms with van der Waals surface area (Å²) in [6, 6.07) is -0.117. The van der Waals surface area contributed by atoms with Gasteiger partial charge in [0.15, 0.2) is 0 Å². The summed E-state index contributed by atoms with van der Waals surface area (Å²) in [4.78, 5) is 21.7. The van der Waals surface area contributed by atoms with Crippen LogP contribution in [0.3, 0.4) is 0 Å². The maximum Gasteiger partial charge on any atom is 0.329 e. The van der Waals surface area contributed by atoms with Crippen molar-refractivity contribution < 1.29 is 19.4 Å². The highest BCUT2D eigenvalue weighted by Crippen LogP contribution is 2.12. The van der Waals surface area contributed by atoms with Crippen LogP contribution in [0.1, 0.15) is 33.6 Å². The first-order valence-corrected chi connectivity index (χ1v) is 6.35. The van der Waals surface area contributed by atoms with Gasteiger partial charge in [-0.2, -0.15) is 0 Å². The Bertz CT molecular complexity index is 254. The summed E-state index contributed by atoms with van der Waals surface area (Å²) in [6.07, 6.45) is 2.05. The highest BCUT2D eigenvalue weighted by molar-refractivity contribution is 5.74. The lowest BCUT2D eigenvalue weighted by Gasteiger charge is -2.22. The second-order valence-corrected chi connectivity index (χ2v) is 4.21. The largest absolute Gasteiger partial charge is 0.480 e. The highest BCUT2D eigenvalue weighted by Gasteiger charge is 2.15.